The molecule has 0 unspecified atom stereocenters. The lowest BCUT2D eigenvalue weighted by molar-refractivity contribution is 0.101. The van der Waals surface area contributed by atoms with E-state index in [4.69, 9.17) is 9.72 Å². The third-order valence-corrected chi connectivity index (χ3v) is 4.77. The van der Waals surface area contributed by atoms with Crippen molar-refractivity contribution >= 4 is 22.5 Å². The number of Topliss-reactive ketones (excluding diaryl/α,β-unsaturated/α-hetero) is 1. The van der Waals surface area contributed by atoms with Crippen LogP contribution in [0.15, 0.2) is 60.9 Å². The number of hydrogen-bond acceptors (Lipinski definition) is 6. The van der Waals surface area contributed by atoms with E-state index in [2.05, 4.69) is 15.3 Å². The number of hydrogen-bond donors (Lipinski definition) is 1. The van der Waals surface area contributed by atoms with Crippen LogP contribution in [0.2, 0.25) is 0 Å². The van der Waals surface area contributed by atoms with Gasteiger partial charge in [0.2, 0.25) is 0 Å². The maximum atomic E-state index is 11.7. The van der Waals surface area contributed by atoms with Crippen LogP contribution in [0.1, 0.15) is 17.3 Å². The van der Waals surface area contributed by atoms with Crippen LogP contribution in [0, 0.1) is 0 Å². The van der Waals surface area contributed by atoms with Crippen molar-refractivity contribution in [3.63, 3.8) is 0 Å². The first kappa shape index (κ1) is 18.6. The van der Waals surface area contributed by atoms with Gasteiger partial charge in [0.05, 0.1) is 12.6 Å². The summed E-state index contributed by atoms with van der Waals surface area (Å²) in [6.07, 6.45) is 3.47. The Balaban J connectivity index is 1.86. The summed E-state index contributed by atoms with van der Waals surface area (Å²) in [5, 5.41) is 4.06. The number of rotatable bonds is 5. The number of fused-ring (bicyclic) bond motifs is 1. The minimum Gasteiger partial charge on any atom is -0.496 e. The summed E-state index contributed by atoms with van der Waals surface area (Å²) in [6.45, 7) is 1.54. The fourth-order valence-electron chi connectivity index (χ4n) is 3.26. The second-order valence-corrected chi connectivity index (χ2v) is 6.59. The summed E-state index contributed by atoms with van der Waals surface area (Å²) < 4.78 is 5.53. The largest absolute Gasteiger partial charge is 0.496 e. The summed E-state index contributed by atoms with van der Waals surface area (Å²) in [4.78, 5) is 25.2. The van der Waals surface area contributed by atoms with E-state index in [-0.39, 0.29) is 5.78 Å². The minimum absolute atomic E-state index is 0.00200. The van der Waals surface area contributed by atoms with Crippen molar-refractivity contribution in [2.45, 2.75) is 6.92 Å². The molecule has 6 heteroatoms. The number of benzene rings is 2. The average Bonchev–Trinajstić information content (AvgIpc) is 2.78. The van der Waals surface area contributed by atoms with E-state index in [1.54, 1.807) is 32.5 Å². The molecule has 0 bridgehead atoms. The summed E-state index contributed by atoms with van der Waals surface area (Å²) in [6, 6.07) is 15.3. The van der Waals surface area contributed by atoms with Crippen LogP contribution in [-0.4, -0.2) is 34.9 Å². The quantitative estimate of drug-likeness (QED) is 0.506. The van der Waals surface area contributed by atoms with Crippen LogP contribution < -0.4 is 10.1 Å². The van der Waals surface area contributed by atoms with Crippen LogP contribution in [0.25, 0.3) is 33.4 Å². The van der Waals surface area contributed by atoms with Gasteiger partial charge in [-0.3, -0.25) is 9.78 Å². The van der Waals surface area contributed by atoms with Gasteiger partial charge in [0.1, 0.15) is 11.6 Å². The van der Waals surface area contributed by atoms with E-state index >= 15 is 0 Å². The van der Waals surface area contributed by atoms with Gasteiger partial charge in [-0.25, -0.2) is 9.97 Å². The number of aromatic nitrogens is 3. The Hall–Kier alpha value is -3.80. The number of carbonyl (C=O) groups excluding carboxylic acids is 1. The van der Waals surface area contributed by atoms with Gasteiger partial charge in [-0.1, -0.05) is 12.1 Å². The number of carbonyl (C=O) groups is 1. The van der Waals surface area contributed by atoms with Gasteiger partial charge < -0.3 is 10.1 Å². The summed E-state index contributed by atoms with van der Waals surface area (Å²) in [5.41, 5.74) is 4.16. The standard InChI is InChI=1S/C23H20N4O2/c1-14(28)15-6-8-18(21(12-15)29-3)16-7-9-20-19(11-16)23(24-2)27-22(26-20)17-5-4-10-25-13-17/h4-13H,1-3H3,(H,24,26,27). The lowest BCUT2D eigenvalue weighted by atomic mass is 9.99. The summed E-state index contributed by atoms with van der Waals surface area (Å²) in [7, 11) is 3.44. The van der Waals surface area contributed by atoms with Crippen molar-refractivity contribution < 1.29 is 9.53 Å². The molecule has 29 heavy (non-hydrogen) atoms. The molecule has 0 saturated carbocycles. The molecule has 1 N–H and O–H groups in total. The number of ketones is 1. The molecular formula is C23H20N4O2. The van der Waals surface area contributed by atoms with Gasteiger partial charge in [0.25, 0.3) is 0 Å². The maximum Gasteiger partial charge on any atom is 0.163 e. The molecule has 0 amide bonds. The van der Waals surface area contributed by atoms with E-state index in [1.165, 1.54) is 0 Å². The molecule has 2 heterocycles. The fraction of sp³-hybridized carbons (Fsp3) is 0.130. The Morgan fingerprint density at radius 1 is 1.03 bits per heavy atom. The number of methoxy groups -OCH3 is 1. The minimum atomic E-state index is 0.00200. The van der Waals surface area contributed by atoms with E-state index < -0.39 is 0 Å². The van der Waals surface area contributed by atoms with Crippen molar-refractivity contribution in [3.05, 3.63) is 66.5 Å². The lowest BCUT2D eigenvalue weighted by Crippen LogP contribution is -1.99. The van der Waals surface area contributed by atoms with Gasteiger partial charge in [-0.2, -0.15) is 0 Å². The van der Waals surface area contributed by atoms with Gasteiger partial charge in [0.15, 0.2) is 11.6 Å². The molecule has 2 aromatic carbocycles. The Bertz CT molecular complexity index is 1210. The van der Waals surface area contributed by atoms with Gasteiger partial charge in [0, 0.05) is 41.5 Å². The highest BCUT2D eigenvalue weighted by atomic mass is 16.5. The Kier molecular flexibility index (Phi) is 4.91. The van der Waals surface area contributed by atoms with Gasteiger partial charge >= 0.3 is 0 Å². The van der Waals surface area contributed by atoms with Crippen LogP contribution in [0.4, 0.5) is 5.82 Å². The van der Waals surface area contributed by atoms with Crippen LogP contribution >= 0.6 is 0 Å². The first-order valence-electron chi connectivity index (χ1n) is 9.20. The molecule has 0 saturated heterocycles. The van der Waals surface area contributed by atoms with E-state index in [0.717, 1.165) is 33.4 Å². The SMILES string of the molecule is CNc1nc(-c2cccnc2)nc2ccc(-c3ccc(C(C)=O)cc3OC)cc12. The van der Waals surface area contributed by atoms with Crippen molar-refractivity contribution in [2.24, 2.45) is 0 Å². The predicted octanol–water partition coefficient (Wildman–Crippen LogP) is 4.61. The summed E-state index contributed by atoms with van der Waals surface area (Å²) in [5.74, 6) is 2.00. The van der Waals surface area contributed by atoms with Crippen LogP contribution in [0.5, 0.6) is 5.75 Å². The molecule has 0 aliphatic carbocycles. The van der Waals surface area contributed by atoms with Crippen molar-refractivity contribution in [2.75, 3.05) is 19.5 Å². The molecule has 4 aromatic rings. The van der Waals surface area contributed by atoms with E-state index in [0.29, 0.717) is 17.1 Å². The molecule has 2 aromatic heterocycles. The molecule has 6 nitrogen and oxygen atoms in total. The van der Waals surface area contributed by atoms with E-state index in [9.17, 15) is 4.79 Å². The molecule has 0 spiro atoms. The maximum absolute atomic E-state index is 11.7. The Morgan fingerprint density at radius 2 is 1.90 bits per heavy atom. The summed E-state index contributed by atoms with van der Waals surface area (Å²) >= 11 is 0. The zero-order chi connectivity index (χ0) is 20.4. The molecule has 0 fully saturated rings. The van der Waals surface area contributed by atoms with Gasteiger partial charge in [-0.05, 0) is 48.9 Å². The predicted molar refractivity (Wildman–Crippen MR) is 114 cm³/mol. The first-order valence-corrected chi connectivity index (χ1v) is 9.20. The molecule has 4 rings (SSSR count). The number of anilines is 1. The molecule has 0 aliphatic rings. The number of pyridine rings is 1. The smallest absolute Gasteiger partial charge is 0.163 e. The second-order valence-electron chi connectivity index (χ2n) is 6.59. The fourth-order valence-corrected chi connectivity index (χ4v) is 3.26. The highest BCUT2D eigenvalue weighted by Gasteiger charge is 2.13. The second kappa shape index (κ2) is 7.67. The molecule has 0 atom stereocenters. The van der Waals surface area contributed by atoms with Gasteiger partial charge in [-0.15, -0.1) is 0 Å². The normalized spacial score (nSPS) is 10.7. The third kappa shape index (κ3) is 3.52. The zero-order valence-corrected chi connectivity index (χ0v) is 16.4. The third-order valence-electron chi connectivity index (χ3n) is 4.77. The Labute approximate surface area is 168 Å². The topological polar surface area (TPSA) is 77.0 Å². The van der Waals surface area contributed by atoms with E-state index in [1.807, 2.05) is 49.5 Å². The zero-order valence-electron chi connectivity index (χ0n) is 16.4. The molecule has 144 valence electrons. The molecular weight excluding hydrogens is 364 g/mol. The van der Waals surface area contributed by atoms with Crippen molar-refractivity contribution in [1.29, 1.82) is 0 Å². The van der Waals surface area contributed by atoms with Crippen molar-refractivity contribution in [3.8, 4) is 28.3 Å². The number of nitrogens with one attached hydrogen (secondary N) is 1. The Morgan fingerprint density at radius 3 is 2.59 bits per heavy atom. The molecule has 0 radical (unpaired) electrons. The average molecular weight is 384 g/mol. The highest BCUT2D eigenvalue weighted by Crippen LogP contribution is 2.34. The van der Waals surface area contributed by atoms with Crippen LogP contribution in [-0.2, 0) is 0 Å². The monoisotopic (exact) mass is 384 g/mol. The highest BCUT2D eigenvalue weighted by molar-refractivity contribution is 5.97. The number of nitrogens with zero attached hydrogens (tertiary/aromatic N) is 3. The number of ether oxygens (including phenoxy) is 1. The first-order chi connectivity index (χ1) is 14.1. The molecule has 0 aliphatic heterocycles. The van der Waals surface area contributed by atoms with Crippen LogP contribution in [0.3, 0.4) is 0 Å². The van der Waals surface area contributed by atoms with Crippen molar-refractivity contribution in [1.82, 2.24) is 15.0 Å². The lowest BCUT2D eigenvalue weighted by Gasteiger charge is -2.13.